The average Bonchev–Trinajstić information content (AvgIpc) is 3.14. The van der Waals surface area contributed by atoms with E-state index in [1.165, 1.54) is 0 Å². The zero-order chi connectivity index (χ0) is 22.4. The number of methoxy groups -OCH3 is 2. The van der Waals surface area contributed by atoms with Crippen LogP contribution in [0.3, 0.4) is 0 Å². The van der Waals surface area contributed by atoms with Crippen molar-refractivity contribution in [2.24, 2.45) is 5.92 Å². The maximum atomic E-state index is 12.3. The van der Waals surface area contributed by atoms with Gasteiger partial charge in [-0.15, -0.1) is 0 Å². The molecule has 2 atom stereocenters. The van der Waals surface area contributed by atoms with Gasteiger partial charge in [0.15, 0.2) is 0 Å². The lowest BCUT2D eigenvalue weighted by atomic mass is 9.83. The van der Waals surface area contributed by atoms with Crippen molar-refractivity contribution in [1.29, 1.82) is 0 Å². The number of oxazole rings is 1. The Balaban J connectivity index is 1.40. The Morgan fingerprint density at radius 1 is 1.09 bits per heavy atom. The fraction of sp³-hybridized carbons (Fsp3) is 0.440. The average molecular weight is 436 g/mol. The number of aryl methyl sites for hydroxylation is 1. The Bertz CT molecular complexity index is 1210. The Morgan fingerprint density at radius 3 is 2.72 bits per heavy atom. The summed E-state index contributed by atoms with van der Waals surface area (Å²) in [6, 6.07) is 9.49. The first kappa shape index (κ1) is 20.8. The number of likely N-dealkylation sites (tertiary alicyclic amines) is 1. The number of pyridine rings is 1. The largest absolute Gasteiger partial charge is 0.496 e. The highest BCUT2D eigenvalue weighted by Gasteiger charge is 2.35. The zero-order valence-electron chi connectivity index (χ0n) is 19.1. The minimum atomic E-state index is 0.117. The van der Waals surface area contributed by atoms with Crippen molar-refractivity contribution >= 4 is 0 Å². The highest BCUT2D eigenvalue weighted by molar-refractivity contribution is 5.68. The minimum absolute atomic E-state index is 0.117. The van der Waals surface area contributed by atoms with Crippen molar-refractivity contribution < 1.29 is 13.9 Å². The summed E-state index contributed by atoms with van der Waals surface area (Å²) < 4.78 is 19.1. The van der Waals surface area contributed by atoms with Crippen LogP contribution in [0.25, 0.3) is 11.5 Å². The molecule has 2 aliphatic heterocycles. The number of piperidine rings is 1. The molecule has 0 saturated carbocycles. The van der Waals surface area contributed by atoms with Crippen molar-refractivity contribution in [3.63, 3.8) is 0 Å². The van der Waals surface area contributed by atoms with Gasteiger partial charge in [0.1, 0.15) is 17.3 Å². The second-order valence-corrected chi connectivity index (χ2v) is 8.89. The standard InChI is InChI=1S/C25H29N3O4/c1-15-22(30-3)9-8-19(24(15)31-4)25-26-20(16(2)32-25)14-27-11-17-10-18(13-27)21-6-5-7-23(29)28(21)12-17/h5-9,17-18H,10-14H2,1-4H3. The molecular formula is C25H29N3O4. The quantitative estimate of drug-likeness (QED) is 0.608. The molecule has 0 amide bonds. The van der Waals surface area contributed by atoms with Gasteiger partial charge in [-0.05, 0) is 44.4 Å². The summed E-state index contributed by atoms with van der Waals surface area (Å²) in [5, 5.41) is 0. The SMILES string of the molecule is COc1ccc(-c2nc(CN3CC4CC(C3)c3cccc(=O)n3C4)c(C)o2)c(OC)c1C. The first-order valence-electron chi connectivity index (χ1n) is 11.1. The van der Waals surface area contributed by atoms with Gasteiger partial charge in [0, 0.05) is 49.4 Å². The highest BCUT2D eigenvalue weighted by Crippen LogP contribution is 2.39. The molecule has 7 heteroatoms. The van der Waals surface area contributed by atoms with E-state index < -0.39 is 0 Å². The molecule has 5 rings (SSSR count). The van der Waals surface area contributed by atoms with Crippen LogP contribution in [0.2, 0.25) is 0 Å². The molecule has 32 heavy (non-hydrogen) atoms. The smallest absolute Gasteiger partial charge is 0.250 e. The first-order valence-corrected chi connectivity index (χ1v) is 11.1. The van der Waals surface area contributed by atoms with E-state index in [1.54, 1.807) is 20.3 Å². The van der Waals surface area contributed by atoms with Gasteiger partial charge >= 0.3 is 0 Å². The summed E-state index contributed by atoms with van der Waals surface area (Å²) in [5.74, 6) is 3.74. The molecule has 7 nitrogen and oxygen atoms in total. The molecule has 2 unspecified atom stereocenters. The van der Waals surface area contributed by atoms with Crippen LogP contribution in [-0.2, 0) is 13.1 Å². The molecular weight excluding hydrogens is 406 g/mol. The third kappa shape index (κ3) is 3.50. The van der Waals surface area contributed by atoms with E-state index in [9.17, 15) is 4.79 Å². The molecule has 2 aromatic heterocycles. The van der Waals surface area contributed by atoms with E-state index in [1.807, 2.05) is 36.6 Å². The Labute approximate surface area is 187 Å². The second kappa shape index (κ2) is 8.13. The van der Waals surface area contributed by atoms with E-state index in [2.05, 4.69) is 11.0 Å². The van der Waals surface area contributed by atoms with Crippen molar-refractivity contribution in [3.05, 3.63) is 63.4 Å². The topological polar surface area (TPSA) is 69.7 Å². The molecule has 1 fully saturated rings. The van der Waals surface area contributed by atoms with Gasteiger partial charge in [0.25, 0.3) is 5.56 Å². The first-order chi connectivity index (χ1) is 15.5. The number of nitrogens with zero attached hydrogens (tertiary/aromatic N) is 3. The molecule has 0 spiro atoms. The predicted octanol–water partition coefficient (Wildman–Crippen LogP) is 3.76. The second-order valence-electron chi connectivity index (χ2n) is 8.89. The van der Waals surface area contributed by atoms with Crippen LogP contribution in [0.1, 0.15) is 35.1 Å². The van der Waals surface area contributed by atoms with Crippen LogP contribution >= 0.6 is 0 Å². The monoisotopic (exact) mass is 435 g/mol. The zero-order valence-corrected chi connectivity index (χ0v) is 19.1. The summed E-state index contributed by atoms with van der Waals surface area (Å²) in [4.78, 5) is 19.6. The fourth-order valence-corrected chi connectivity index (χ4v) is 5.35. The summed E-state index contributed by atoms with van der Waals surface area (Å²) in [6.45, 7) is 7.35. The minimum Gasteiger partial charge on any atom is -0.496 e. The summed E-state index contributed by atoms with van der Waals surface area (Å²) in [7, 11) is 3.30. The van der Waals surface area contributed by atoms with Gasteiger partial charge in [-0.25, -0.2) is 4.98 Å². The van der Waals surface area contributed by atoms with Crippen molar-refractivity contribution in [3.8, 4) is 23.0 Å². The Morgan fingerprint density at radius 2 is 1.94 bits per heavy atom. The molecule has 0 N–H and O–H groups in total. The normalized spacial score (nSPS) is 20.1. The number of hydrogen-bond acceptors (Lipinski definition) is 6. The van der Waals surface area contributed by atoms with Crippen LogP contribution < -0.4 is 15.0 Å². The number of aromatic nitrogens is 2. The molecule has 3 aromatic rings. The third-order valence-corrected chi connectivity index (χ3v) is 6.83. The van der Waals surface area contributed by atoms with E-state index in [-0.39, 0.29) is 5.56 Å². The predicted molar refractivity (Wildman–Crippen MR) is 121 cm³/mol. The molecule has 2 aliphatic rings. The van der Waals surface area contributed by atoms with Gasteiger partial charge in [-0.1, -0.05) is 6.07 Å². The fourth-order valence-electron chi connectivity index (χ4n) is 5.35. The molecule has 168 valence electrons. The summed E-state index contributed by atoms with van der Waals surface area (Å²) >= 11 is 0. The molecule has 4 heterocycles. The van der Waals surface area contributed by atoms with Crippen LogP contribution in [0.4, 0.5) is 0 Å². The molecule has 0 aliphatic carbocycles. The van der Waals surface area contributed by atoms with Crippen molar-refractivity contribution in [2.45, 2.75) is 39.3 Å². The van der Waals surface area contributed by atoms with E-state index in [0.29, 0.717) is 23.5 Å². The maximum Gasteiger partial charge on any atom is 0.250 e. The lowest BCUT2D eigenvalue weighted by Crippen LogP contribution is -2.46. The maximum absolute atomic E-state index is 12.3. The highest BCUT2D eigenvalue weighted by atomic mass is 16.5. The van der Waals surface area contributed by atoms with E-state index >= 15 is 0 Å². The van der Waals surface area contributed by atoms with Gasteiger partial charge in [-0.3, -0.25) is 9.69 Å². The molecule has 0 radical (unpaired) electrons. The summed E-state index contributed by atoms with van der Waals surface area (Å²) in [5.41, 5.74) is 3.97. The van der Waals surface area contributed by atoms with E-state index in [0.717, 1.165) is 66.6 Å². The van der Waals surface area contributed by atoms with Crippen molar-refractivity contribution in [1.82, 2.24) is 14.5 Å². The number of benzene rings is 1. The van der Waals surface area contributed by atoms with Crippen LogP contribution in [0.15, 0.2) is 39.5 Å². The van der Waals surface area contributed by atoms with Gasteiger partial charge in [0.05, 0.1) is 25.5 Å². The van der Waals surface area contributed by atoms with E-state index in [4.69, 9.17) is 18.9 Å². The number of ether oxygens (including phenoxy) is 2. The van der Waals surface area contributed by atoms with Crippen LogP contribution in [-0.4, -0.2) is 41.8 Å². The molecule has 2 bridgehead atoms. The Kier molecular flexibility index (Phi) is 5.29. The van der Waals surface area contributed by atoms with Gasteiger partial charge in [0.2, 0.25) is 5.89 Å². The summed E-state index contributed by atoms with van der Waals surface area (Å²) in [6.07, 6.45) is 1.14. The third-order valence-electron chi connectivity index (χ3n) is 6.83. The van der Waals surface area contributed by atoms with Crippen LogP contribution in [0.5, 0.6) is 11.5 Å². The van der Waals surface area contributed by atoms with Gasteiger partial charge in [-0.2, -0.15) is 0 Å². The lowest BCUT2D eigenvalue weighted by Gasteiger charge is -2.42. The lowest BCUT2D eigenvalue weighted by molar-refractivity contribution is 0.113. The molecule has 1 aromatic carbocycles. The number of fused-ring (bicyclic) bond motifs is 4. The van der Waals surface area contributed by atoms with Crippen LogP contribution in [0, 0.1) is 19.8 Å². The Hall–Kier alpha value is -3.06. The van der Waals surface area contributed by atoms with Crippen molar-refractivity contribution in [2.75, 3.05) is 27.3 Å². The molecule has 1 saturated heterocycles. The number of hydrogen-bond donors (Lipinski definition) is 0. The number of rotatable bonds is 5. The van der Waals surface area contributed by atoms with Gasteiger partial charge < -0.3 is 18.5 Å².